The van der Waals surface area contributed by atoms with Crippen LogP contribution in [0.15, 0.2) is 36.5 Å². The molecule has 2 aromatic rings. The van der Waals surface area contributed by atoms with E-state index in [1.165, 1.54) is 12.8 Å². The largest absolute Gasteiger partial charge is 0.338 e. The van der Waals surface area contributed by atoms with E-state index in [-0.39, 0.29) is 6.04 Å². The Balaban J connectivity index is 1.38. The number of likely N-dealkylation sites (tertiary alicyclic amines) is 1. The summed E-state index contributed by atoms with van der Waals surface area (Å²) >= 11 is 0. The highest BCUT2D eigenvalue weighted by Gasteiger charge is 2.35. The highest BCUT2D eigenvalue weighted by molar-refractivity contribution is 5.77. The van der Waals surface area contributed by atoms with E-state index in [1.807, 2.05) is 46.1 Å². The molecule has 0 unspecified atom stereocenters. The highest BCUT2D eigenvalue weighted by atomic mass is 16.2. The molecule has 21 heavy (non-hydrogen) atoms. The van der Waals surface area contributed by atoms with Crippen LogP contribution in [0.2, 0.25) is 0 Å². The third-order valence-electron chi connectivity index (χ3n) is 4.33. The molecule has 0 N–H and O–H groups in total. The Hall–Kier alpha value is -2.17. The summed E-state index contributed by atoms with van der Waals surface area (Å²) in [6.45, 7) is 1.53. The van der Waals surface area contributed by atoms with Crippen LogP contribution in [0.4, 0.5) is 0 Å². The van der Waals surface area contributed by atoms with Crippen LogP contribution in [-0.4, -0.2) is 38.9 Å². The Morgan fingerprint density at radius 1 is 1.19 bits per heavy atom. The fourth-order valence-corrected chi connectivity index (χ4v) is 2.72. The van der Waals surface area contributed by atoms with Crippen molar-refractivity contribution in [2.24, 2.45) is 5.92 Å². The maximum absolute atomic E-state index is 12.0. The van der Waals surface area contributed by atoms with Gasteiger partial charge in [-0.3, -0.25) is 4.79 Å². The molecule has 5 nitrogen and oxygen atoms in total. The summed E-state index contributed by atoms with van der Waals surface area (Å²) in [4.78, 5) is 13.9. The lowest BCUT2D eigenvalue weighted by molar-refractivity contribution is -0.137. The number of nitrogens with zero attached hydrogens (tertiary/aromatic N) is 4. The minimum absolute atomic E-state index is 0.276. The molecule has 1 aliphatic heterocycles. The Bertz CT molecular complexity index is 641. The molecule has 4 rings (SSSR count). The molecule has 108 valence electrons. The van der Waals surface area contributed by atoms with Gasteiger partial charge in [0, 0.05) is 25.1 Å². The molecule has 1 aliphatic carbocycles. The SMILES string of the molecule is O=C(CC1CC1)N1CC(n2cc(-c3ccccc3)nn2)C1. The van der Waals surface area contributed by atoms with Crippen LogP contribution in [0, 0.1) is 5.92 Å². The van der Waals surface area contributed by atoms with Gasteiger partial charge in [-0.2, -0.15) is 0 Å². The molecule has 1 aromatic heterocycles. The normalized spacial score (nSPS) is 18.6. The van der Waals surface area contributed by atoms with Gasteiger partial charge in [0.1, 0.15) is 5.69 Å². The number of aromatic nitrogens is 3. The molecule has 2 aliphatic rings. The van der Waals surface area contributed by atoms with Crippen LogP contribution in [0.1, 0.15) is 25.3 Å². The van der Waals surface area contributed by atoms with E-state index in [0.29, 0.717) is 11.8 Å². The molecule has 2 heterocycles. The molecule has 1 aromatic carbocycles. The van der Waals surface area contributed by atoms with Gasteiger partial charge >= 0.3 is 0 Å². The molecule has 5 heteroatoms. The summed E-state index contributed by atoms with van der Waals surface area (Å²) < 4.78 is 1.89. The van der Waals surface area contributed by atoms with Gasteiger partial charge in [-0.05, 0) is 18.8 Å². The molecule has 2 fully saturated rings. The zero-order chi connectivity index (χ0) is 14.2. The average molecular weight is 282 g/mol. The average Bonchev–Trinajstić information content (AvgIpc) is 3.13. The van der Waals surface area contributed by atoms with Crippen LogP contribution in [0.5, 0.6) is 0 Å². The van der Waals surface area contributed by atoms with Crippen molar-refractivity contribution in [3.8, 4) is 11.3 Å². The Morgan fingerprint density at radius 3 is 2.67 bits per heavy atom. The molecular formula is C16H18N4O. The van der Waals surface area contributed by atoms with Gasteiger partial charge in [0.25, 0.3) is 0 Å². The molecule has 1 saturated carbocycles. The quantitative estimate of drug-likeness (QED) is 0.863. The first-order valence-corrected chi connectivity index (χ1v) is 7.54. The Labute approximate surface area is 123 Å². The number of hydrogen-bond acceptors (Lipinski definition) is 3. The number of carbonyl (C=O) groups is 1. The number of carbonyl (C=O) groups excluding carboxylic acids is 1. The van der Waals surface area contributed by atoms with Crippen LogP contribution in [0.25, 0.3) is 11.3 Å². The van der Waals surface area contributed by atoms with Crippen molar-refractivity contribution in [3.05, 3.63) is 36.5 Å². The second-order valence-electron chi connectivity index (χ2n) is 6.05. The van der Waals surface area contributed by atoms with E-state index >= 15 is 0 Å². The van der Waals surface area contributed by atoms with Crippen molar-refractivity contribution in [1.29, 1.82) is 0 Å². The summed E-state index contributed by atoms with van der Waals surface area (Å²) in [7, 11) is 0. The number of rotatable bonds is 4. The van der Waals surface area contributed by atoms with Gasteiger partial charge < -0.3 is 4.90 Å². The second kappa shape index (κ2) is 4.98. The van der Waals surface area contributed by atoms with Gasteiger partial charge in [-0.25, -0.2) is 4.68 Å². The van der Waals surface area contributed by atoms with Crippen LogP contribution >= 0.6 is 0 Å². The van der Waals surface area contributed by atoms with E-state index < -0.39 is 0 Å². The van der Waals surface area contributed by atoms with Crippen molar-refractivity contribution in [3.63, 3.8) is 0 Å². The van der Waals surface area contributed by atoms with Crippen LogP contribution in [-0.2, 0) is 4.79 Å². The van der Waals surface area contributed by atoms with E-state index in [0.717, 1.165) is 30.8 Å². The fraction of sp³-hybridized carbons (Fsp3) is 0.438. The number of benzene rings is 1. The van der Waals surface area contributed by atoms with Crippen molar-refractivity contribution in [1.82, 2.24) is 19.9 Å². The van der Waals surface area contributed by atoms with Gasteiger partial charge in [0.2, 0.25) is 5.91 Å². The second-order valence-corrected chi connectivity index (χ2v) is 6.05. The van der Waals surface area contributed by atoms with Gasteiger partial charge in [-0.15, -0.1) is 5.10 Å². The maximum Gasteiger partial charge on any atom is 0.222 e. The van der Waals surface area contributed by atoms with Crippen molar-refractivity contribution >= 4 is 5.91 Å². The summed E-state index contributed by atoms with van der Waals surface area (Å²) in [6, 6.07) is 10.3. The maximum atomic E-state index is 12.0. The monoisotopic (exact) mass is 282 g/mol. The lowest BCUT2D eigenvalue weighted by atomic mass is 10.1. The standard InChI is InChI=1S/C16H18N4O/c21-16(8-12-6-7-12)19-9-14(10-19)20-11-15(17-18-20)13-4-2-1-3-5-13/h1-5,11-12,14H,6-10H2. The molecule has 0 spiro atoms. The van der Waals surface area contributed by atoms with E-state index in [4.69, 9.17) is 0 Å². The predicted molar refractivity (Wildman–Crippen MR) is 78.4 cm³/mol. The Morgan fingerprint density at radius 2 is 1.95 bits per heavy atom. The van der Waals surface area contributed by atoms with Crippen molar-refractivity contribution < 1.29 is 4.79 Å². The summed E-state index contributed by atoms with van der Waals surface area (Å²) in [6.07, 6.45) is 5.17. The molecular weight excluding hydrogens is 264 g/mol. The zero-order valence-electron chi connectivity index (χ0n) is 11.9. The highest BCUT2D eigenvalue weighted by Crippen LogP contribution is 2.34. The first-order valence-electron chi connectivity index (χ1n) is 7.54. The van der Waals surface area contributed by atoms with Gasteiger partial charge in [-0.1, -0.05) is 35.5 Å². The Kier molecular flexibility index (Phi) is 2.98. The molecule has 0 bridgehead atoms. The summed E-state index contributed by atoms with van der Waals surface area (Å²) in [5.74, 6) is 0.963. The smallest absolute Gasteiger partial charge is 0.222 e. The van der Waals surface area contributed by atoms with Crippen molar-refractivity contribution in [2.45, 2.75) is 25.3 Å². The number of hydrogen-bond donors (Lipinski definition) is 0. The third-order valence-corrected chi connectivity index (χ3v) is 4.33. The third kappa shape index (κ3) is 2.55. The van der Waals surface area contributed by atoms with E-state index in [2.05, 4.69) is 10.3 Å². The van der Waals surface area contributed by atoms with Gasteiger partial charge in [0.05, 0.1) is 12.2 Å². The van der Waals surface area contributed by atoms with Crippen molar-refractivity contribution in [2.75, 3.05) is 13.1 Å². The summed E-state index contributed by atoms with van der Waals surface area (Å²) in [5, 5.41) is 8.44. The molecule has 1 amide bonds. The molecule has 0 atom stereocenters. The first-order chi connectivity index (χ1) is 10.3. The minimum Gasteiger partial charge on any atom is -0.338 e. The van der Waals surface area contributed by atoms with E-state index in [1.54, 1.807) is 0 Å². The van der Waals surface area contributed by atoms with Crippen LogP contribution in [0.3, 0.4) is 0 Å². The van der Waals surface area contributed by atoms with E-state index in [9.17, 15) is 4.79 Å². The topological polar surface area (TPSA) is 51.0 Å². The first kappa shape index (κ1) is 12.6. The predicted octanol–water partition coefficient (Wildman–Crippen LogP) is 2.13. The lowest BCUT2D eigenvalue weighted by Gasteiger charge is -2.39. The lowest BCUT2D eigenvalue weighted by Crippen LogP contribution is -2.51. The zero-order valence-corrected chi connectivity index (χ0v) is 11.9. The van der Waals surface area contributed by atoms with Crippen LogP contribution < -0.4 is 0 Å². The minimum atomic E-state index is 0.276. The van der Waals surface area contributed by atoms with Gasteiger partial charge in [0.15, 0.2) is 0 Å². The number of amides is 1. The molecule has 0 radical (unpaired) electrons. The molecule has 1 saturated heterocycles. The fourth-order valence-electron chi connectivity index (χ4n) is 2.72. The summed E-state index contributed by atoms with van der Waals surface area (Å²) in [5.41, 5.74) is 1.96.